The molecule has 0 spiro atoms. The summed E-state index contributed by atoms with van der Waals surface area (Å²) in [7, 11) is 0. The molecule has 0 saturated heterocycles. The number of nitrogens with zero attached hydrogens (tertiary/aromatic N) is 2. The Hall–Kier alpha value is -2.34. The van der Waals surface area contributed by atoms with Crippen LogP contribution < -0.4 is 5.32 Å². The van der Waals surface area contributed by atoms with E-state index in [2.05, 4.69) is 26.2 Å². The van der Waals surface area contributed by atoms with Gasteiger partial charge in [0.1, 0.15) is 6.54 Å². The molecule has 21 heavy (non-hydrogen) atoms. The molecule has 0 fully saturated rings. The number of anilines is 2. The molecule has 2 aromatic carbocycles. The van der Waals surface area contributed by atoms with Crippen molar-refractivity contribution >= 4 is 44.6 Å². The van der Waals surface area contributed by atoms with Crippen LogP contribution in [0.3, 0.4) is 0 Å². The molecule has 3 rings (SSSR count). The topological polar surface area (TPSA) is 67.2 Å². The van der Waals surface area contributed by atoms with Gasteiger partial charge in [0.25, 0.3) is 0 Å². The average Bonchev–Trinajstić information content (AvgIpc) is 2.79. The number of hydrogen-bond donors (Lipinski definition) is 2. The van der Waals surface area contributed by atoms with E-state index in [4.69, 9.17) is 5.11 Å². The molecule has 0 unspecified atom stereocenters. The number of carbonyl (C=O) groups is 1. The number of carboxylic acid groups (broad SMARTS) is 1. The summed E-state index contributed by atoms with van der Waals surface area (Å²) in [5, 5.41) is 12.3. The van der Waals surface area contributed by atoms with E-state index in [1.165, 1.54) is 0 Å². The van der Waals surface area contributed by atoms with Crippen molar-refractivity contribution < 1.29 is 9.90 Å². The quantitative estimate of drug-likeness (QED) is 0.757. The fourth-order valence-corrected chi connectivity index (χ4v) is 2.39. The second-order valence-electron chi connectivity index (χ2n) is 4.54. The lowest BCUT2D eigenvalue weighted by Crippen LogP contribution is -2.11. The van der Waals surface area contributed by atoms with E-state index in [-0.39, 0.29) is 6.54 Å². The van der Waals surface area contributed by atoms with Crippen molar-refractivity contribution in [2.45, 2.75) is 6.54 Å². The summed E-state index contributed by atoms with van der Waals surface area (Å²) in [6.45, 7) is -0.140. The fraction of sp³-hybridized carbons (Fsp3) is 0.0667. The normalized spacial score (nSPS) is 10.7. The van der Waals surface area contributed by atoms with Crippen molar-refractivity contribution in [2.75, 3.05) is 5.32 Å². The number of hydrogen-bond acceptors (Lipinski definition) is 3. The fourth-order valence-electron chi connectivity index (χ4n) is 2.13. The van der Waals surface area contributed by atoms with Crippen LogP contribution in [0, 0.1) is 0 Å². The van der Waals surface area contributed by atoms with Crippen LogP contribution >= 0.6 is 15.9 Å². The number of rotatable bonds is 4. The largest absolute Gasteiger partial charge is 0.480 e. The van der Waals surface area contributed by atoms with Gasteiger partial charge in [0.05, 0.1) is 11.0 Å². The molecule has 0 atom stereocenters. The van der Waals surface area contributed by atoms with Gasteiger partial charge in [-0.15, -0.1) is 0 Å². The Balaban J connectivity index is 2.04. The summed E-state index contributed by atoms with van der Waals surface area (Å²) in [6.07, 6.45) is 0. The molecule has 1 heterocycles. The zero-order valence-corrected chi connectivity index (χ0v) is 12.5. The number of imidazole rings is 1. The number of carboxylic acids is 1. The minimum atomic E-state index is -0.906. The van der Waals surface area contributed by atoms with Gasteiger partial charge in [-0.25, -0.2) is 4.98 Å². The van der Waals surface area contributed by atoms with Crippen LogP contribution in [0.4, 0.5) is 11.6 Å². The maximum Gasteiger partial charge on any atom is 0.323 e. The average molecular weight is 346 g/mol. The Bertz CT molecular complexity index is 796. The standard InChI is InChI=1S/C15H12BrN3O2/c16-10-5-7-11(8-6-10)17-15-18-12-3-1-2-4-13(12)19(15)9-14(20)21/h1-8H,9H2,(H,17,18)(H,20,21). The summed E-state index contributed by atoms with van der Waals surface area (Å²) < 4.78 is 2.63. The van der Waals surface area contributed by atoms with Gasteiger partial charge in [-0.3, -0.25) is 9.36 Å². The van der Waals surface area contributed by atoms with Crippen molar-refractivity contribution in [3.63, 3.8) is 0 Å². The van der Waals surface area contributed by atoms with Gasteiger partial charge in [0.2, 0.25) is 5.95 Å². The molecule has 0 aliphatic heterocycles. The predicted molar refractivity (Wildman–Crippen MR) is 84.8 cm³/mol. The summed E-state index contributed by atoms with van der Waals surface area (Å²) in [4.78, 5) is 15.5. The maximum atomic E-state index is 11.1. The second-order valence-corrected chi connectivity index (χ2v) is 5.45. The van der Waals surface area contributed by atoms with Gasteiger partial charge in [0, 0.05) is 10.2 Å². The van der Waals surface area contributed by atoms with Crippen LogP contribution in [0.25, 0.3) is 11.0 Å². The molecule has 1 aromatic heterocycles. The molecule has 106 valence electrons. The van der Waals surface area contributed by atoms with Gasteiger partial charge in [-0.1, -0.05) is 28.1 Å². The minimum Gasteiger partial charge on any atom is -0.480 e. The number of halogens is 1. The third-order valence-electron chi connectivity index (χ3n) is 3.05. The van der Waals surface area contributed by atoms with Gasteiger partial charge in [-0.2, -0.15) is 0 Å². The number of aliphatic carboxylic acids is 1. The third-order valence-corrected chi connectivity index (χ3v) is 3.58. The summed E-state index contributed by atoms with van der Waals surface area (Å²) >= 11 is 3.38. The summed E-state index contributed by atoms with van der Waals surface area (Å²) in [6, 6.07) is 15.1. The smallest absolute Gasteiger partial charge is 0.323 e. The van der Waals surface area contributed by atoms with Crippen LogP contribution in [-0.2, 0) is 11.3 Å². The first kappa shape index (κ1) is 13.6. The first-order chi connectivity index (χ1) is 10.1. The Morgan fingerprint density at radius 1 is 1.19 bits per heavy atom. The molecule has 0 amide bonds. The SMILES string of the molecule is O=C(O)Cn1c(Nc2ccc(Br)cc2)nc2ccccc21. The predicted octanol–water partition coefficient (Wildman–Crippen LogP) is 3.63. The van der Waals surface area contributed by atoms with Gasteiger partial charge < -0.3 is 10.4 Å². The van der Waals surface area contributed by atoms with Crippen LogP contribution in [0.1, 0.15) is 0 Å². The van der Waals surface area contributed by atoms with E-state index < -0.39 is 5.97 Å². The van der Waals surface area contributed by atoms with Crippen LogP contribution in [0.15, 0.2) is 53.0 Å². The lowest BCUT2D eigenvalue weighted by molar-refractivity contribution is -0.137. The van der Waals surface area contributed by atoms with Gasteiger partial charge >= 0.3 is 5.97 Å². The molecule has 0 aliphatic carbocycles. The van der Waals surface area contributed by atoms with E-state index in [0.29, 0.717) is 5.95 Å². The Kier molecular flexibility index (Phi) is 3.62. The Labute approximate surface area is 129 Å². The molecule has 0 radical (unpaired) electrons. The third kappa shape index (κ3) is 2.90. The molecule has 0 aliphatic rings. The second kappa shape index (κ2) is 5.57. The molecule has 6 heteroatoms. The minimum absolute atomic E-state index is 0.140. The highest BCUT2D eigenvalue weighted by molar-refractivity contribution is 9.10. The van der Waals surface area contributed by atoms with Crippen LogP contribution in [0.5, 0.6) is 0 Å². The van der Waals surface area contributed by atoms with Crippen molar-refractivity contribution in [3.05, 3.63) is 53.0 Å². The van der Waals surface area contributed by atoms with E-state index >= 15 is 0 Å². The van der Waals surface area contributed by atoms with Crippen molar-refractivity contribution in [2.24, 2.45) is 0 Å². The molecular formula is C15H12BrN3O2. The molecule has 2 N–H and O–H groups in total. The van der Waals surface area contributed by atoms with Crippen molar-refractivity contribution in [1.82, 2.24) is 9.55 Å². The van der Waals surface area contributed by atoms with Crippen LogP contribution in [0.2, 0.25) is 0 Å². The van der Waals surface area contributed by atoms with E-state index in [9.17, 15) is 4.79 Å². The van der Waals surface area contributed by atoms with E-state index in [1.54, 1.807) is 4.57 Å². The van der Waals surface area contributed by atoms with Crippen molar-refractivity contribution in [3.8, 4) is 0 Å². The maximum absolute atomic E-state index is 11.1. The van der Waals surface area contributed by atoms with Crippen molar-refractivity contribution in [1.29, 1.82) is 0 Å². The summed E-state index contributed by atoms with van der Waals surface area (Å²) in [5.41, 5.74) is 2.40. The van der Waals surface area contributed by atoms with E-state index in [1.807, 2.05) is 48.5 Å². The van der Waals surface area contributed by atoms with Crippen LogP contribution in [-0.4, -0.2) is 20.6 Å². The Morgan fingerprint density at radius 2 is 1.90 bits per heavy atom. The lowest BCUT2D eigenvalue weighted by atomic mass is 10.3. The highest BCUT2D eigenvalue weighted by Gasteiger charge is 2.13. The number of benzene rings is 2. The highest BCUT2D eigenvalue weighted by Crippen LogP contribution is 2.23. The first-order valence-corrected chi connectivity index (χ1v) is 7.12. The number of nitrogens with one attached hydrogen (secondary N) is 1. The summed E-state index contributed by atoms with van der Waals surface area (Å²) in [5.74, 6) is -0.391. The molecule has 3 aromatic rings. The molecule has 0 bridgehead atoms. The zero-order valence-electron chi connectivity index (χ0n) is 11.0. The molecule has 5 nitrogen and oxygen atoms in total. The zero-order chi connectivity index (χ0) is 14.8. The number of aromatic nitrogens is 2. The molecular weight excluding hydrogens is 334 g/mol. The van der Waals surface area contributed by atoms with E-state index in [0.717, 1.165) is 21.2 Å². The van der Waals surface area contributed by atoms with Gasteiger partial charge in [-0.05, 0) is 36.4 Å². The number of fused-ring (bicyclic) bond motifs is 1. The Morgan fingerprint density at radius 3 is 2.62 bits per heavy atom. The highest BCUT2D eigenvalue weighted by atomic mass is 79.9. The molecule has 0 saturated carbocycles. The lowest BCUT2D eigenvalue weighted by Gasteiger charge is -2.08. The monoisotopic (exact) mass is 345 g/mol. The van der Waals surface area contributed by atoms with Gasteiger partial charge in [0.15, 0.2) is 0 Å². The number of para-hydroxylation sites is 2. The first-order valence-electron chi connectivity index (χ1n) is 6.33.